The molecule has 0 bridgehead atoms. The lowest BCUT2D eigenvalue weighted by Crippen LogP contribution is -2.31. The van der Waals surface area contributed by atoms with Gasteiger partial charge < -0.3 is 14.6 Å². The molecule has 3 aromatic carbocycles. The number of ether oxygens (including phenoxy) is 1. The Balaban J connectivity index is 1.49. The number of nitrogens with zero attached hydrogens (tertiary/aromatic N) is 1. The van der Waals surface area contributed by atoms with Gasteiger partial charge in [0.05, 0.1) is 25.1 Å². The van der Waals surface area contributed by atoms with Crippen molar-refractivity contribution in [2.24, 2.45) is 0 Å². The third-order valence-corrected chi connectivity index (χ3v) is 6.15. The number of aryl methyl sites for hydroxylation is 4. The molecule has 0 fully saturated rings. The maximum Gasteiger partial charge on any atom is 0.225 e. The van der Waals surface area contributed by atoms with Crippen molar-refractivity contribution in [3.63, 3.8) is 0 Å². The summed E-state index contributed by atoms with van der Waals surface area (Å²) in [6, 6.07) is 18.8. The van der Waals surface area contributed by atoms with Crippen molar-refractivity contribution in [3.8, 4) is 5.75 Å². The lowest BCUT2D eigenvalue weighted by Gasteiger charge is -2.22. The quantitative estimate of drug-likeness (QED) is 0.303. The highest BCUT2D eigenvalue weighted by molar-refractivity contribution is 6.30. The van der Waals surface area contributed by atoms with Crippen molar-refractivity contribution < 1.29 is 15.4 Å². The summed E-state index contributed by atoms with van der Waals surface area (Å²) < 4.78 is 20.4. The van der Waals surface area contributed by atoms with E-state index in [1.807, 2.05) is 70.2 Å². The summed E-state index contributed by atoms with van der Waals surface area (Å²) in [4.78, 5) is 13.2. The molecular weight excluding hydrogens is 460 g/mol. The minimum absolute atomic E-state index is 0.128. The van der Waals surface area contributed by atoms with Crippen LogP contribution >= 0.6 is 11.6 Å². The number of benzene rings is 3. The number of amides is 1. The van der Waals surface area contributed by atoms with E-state index in [4.69, 9.17) is 20.9 Å². The zero-order chi connectivity index (χ0) is 25.9. The van der Waals surface area contributed by atoms with Crippen LogP contribution in [0.4, 0.5) is 0 Å². The van der Waals surface area contributed by atoms with Crippen molar-refractivity contribution in [2.45, 2.75) is 46.7 Å². The van der Waals surface area contributed by atoms with E-state index in [1.54, 1.807) is 24.3 Å². The van der Waals surface area contributed by atoms with E-state index in [0.29, 0.717) is 28.5 Å². The third-order valence-electron chi connectivity index (χ3n) is 5.90. The maximum atomic E-state index is 13.2. The molecule has 1 heterocycles. The van der Waals surface area contributed by atoms with Crippen LogP contribution in [0.1, 0.15) is 52.2 Å². The molecule has 0 aliphatic carbocycles. The SMILES string of the molecule is [2H]C(NC(=O)Cc1ccc(OCc2c(C)noc2C)cc1)(c1ccc(Cl)cc1)c1ccc(C)cc1C. The largest absolute Gasteiger partial charge is 0.489 e. The van der Waals surface area contributed by atoms with Gasteiger partial charge in [0.15, 0.2) is 0 Å². The topological polar surface area (TPSA) is 64.4 Å². The standard InChI is InChI=1S/C29H29ClN2O3/c1-18-5-14-26(19(2)15-18)29(23-8-10-24(30)11-9-23)31-28(33)16-22-6-12-25(13-7-22)34-17-27-20(3)32-35-21(27)4/h5-15,29H,16-17H2,1-4H3,(H,31,33)/i29D. The molecule has 1 amide bonds. The Morgan fingerprint density at radius 3 is 2.40 bits per heavy atom. The van der Waals surface area contributed by atoms with Crippen molar-refractivity contribution in [1.29, 1.82) is 0 Å². The predicted molar refractivity (Wildman–Crippen MR) is 138 cm³/mol. The smallest absolute Gasteiger partial charge is 0.225 e. The molecule has 1 aromatic heterocycles. The summed E-state index contributed by atoms with van der Waals surface area (Å²) in [6.07, 6.45) is 0.128. The second-order valence-electron chi connectivity index (χ2n) is 8.66. The van der Waals surface area contributed by atoms with Crippen LogP contribution in [-0.4, -0.2) is 11.1 Å². The number of nitrogens with one attached hydrogen (secondary N) is 1. The first-order valence-corrected chi connectivity index (χ1v) is 11.8. The Morgan fingerprint density at radius 1 is 1.06 bits per heavy atom. The van der Waals surface area contributed by atoms with Gasteiger partial charge in [-0.2, -0.15) is 0 Å². The molecule has 0 aliphatic heterocycles. The molecule has 0 radical (unpaired) electrons. The molecule has 0 saturated heterocycles. The molecule has 4 rings (SSSR count). The molecule has 5 nitrogen and oxygen atoms in total. The van der Waals surface area contributed by atoms with Crippen LogP contribution in [0.2, 0.25) is 5.02 Å². The Labute approximate surface area is 212 Å². The van der Waals surface area contributed by atoms with E-state index in [9.17, 15) is 6.17 Å². The molecule has 0 saturated carbocycles. The zero-order valence-electron chi connectivity index (χ0n) is 21.3. The molecule has 1 unspecified atom stereocenters. The normalized spacial score (nSPS) is 13.1. The van der Waals surface area contributed by atoms with Gasteiger partial charge in [0.25, 0.3) is 0 Å². The highest BCUT2D eigenvalue weighted by atomic mass is 35.5. The summed E-state index contributed by atoms with van der Waals surface area (Å²) in [7, 11) is 0. The summed E-state index contributed by atoms with van der Waals surface area (Å²) in [5, 5.41) is 7.48. The van der Waals surface area contributed by atoms with E-state index in [-0.39, 0.29) is 12.3 Å². The van der Waals surface area contributed by atoms with Gasteiger partial charge in [0.2, 0.25) is 5.91 Å². The molecular formula is C29H29ClN2O3. The van der Waals surface area contributed by atoms with Gasteiger partial charge in [-0.25, -0.2) is 0 Å². The maximum absolute atomic E-state index is 13.2. The van der Waals surface area contributed by atoms with Crippen molar-refractivity contribution in [1.82, 2.24) is 10.5 Å². The second kappa shape index (κ2) is 10.8. The molecule has 0 spiro atoms. The fourth-order valence-electron chi connectivity index (χ4n) is 3.94. The van der Waals surface area contributed by atoms with E-state index >= 15 is 0 Å². The van der Waals surface area contributed by atoms with E-state index in [1.165, 1.54) is 0 Å². The first-order valence-electron chi connectivity index (χ1n) is 11.9. The molecule has 4 aromatic rings. The third kappa shape index (κ3) is 6.11. The first kappa shape index (κ1) is 23.2. The molecule has 35 heavy (non-hydrogen) atoms. The summed E-state index contributed by atoms with van der Waals surface area (Å²) in [5.41, 5.74) is 5.93. The zero-order valence-corrected chi connectivity index (χ0v) is 21.1. The van der Waals surface area contributed by atoms with Crippen LogP contribution in [0, 0.1) is 27.7 Å². The monoisotopic (exact) mass is 489 g/mol. The van der Waals surface area contributed by atoms with Gasteiger partial charge in [-0.15, -0.1) is 0 Å². The van der Waals surface area contributed by atoms with Crippen molar-refractivity contribution in [2.75, 3.05) is 0 Å². The number of aromatic nitrogens is 1. The van der Waals surface area contributed by atoms with E-state index in [2.05, 4.69) is 10.5 Å². The van der Waals surface area contributed by atoms with Crippen LogP contribution in [-0.2, 0) is 17.8 Å². The highest BCUT2D eigenvalue weighted by Crippen LogP contribution is 2.27. The molecule has 6 heteroatoms. The van der Waals surface area contributed by atoms with Crippen LogP contribution in [0.3, 0.4) is 0 Å². The van der Waals surface area contributed by atoms with Gasteiger partial charge in [0, 0.05) is 5.02 Å². The minimum atomic E-state index is -1.46. The van der Waals surface area contributed by atoms with Gasteiger partial charge in [-0.1, -0.05) is 64.8 Å². The number of carbonyl (C=O) groups is 1. The van der Waals surface area contributed by atoms with Crippen LogP contribution in [0.15, 0.2) is 71.3 Å². The number of hydrogen-bond acceptors (Lipinski definition) is 4. The Morgan fingerprint density at radius 2 is 1.77 bits per heavy atom. The van der Waals surface area contributed by atoms with Crippen molar-refractivity contribution >= 4 is 17.5 Å². The van der Waals surface area contributed by atoms with E-state index in [0.717, 1.165) is 33.7 Å². The van der Waals surface area contributed by atoms with E-state index < -0.39 is 6.02 Å². The lowest BCUT2D eigenvalue weighted by molar-refractivity contribution is -0.120. The number of hydrogen-bond donors (Lipinski definition) is 1. The minimum Gasteiger partial charge on any atom is -0.489 e. The Bertz CT molecular complexity index is 1350. The fraction of sp³-hybridized carbons (Fsp3) is 0.241. The molecule has 1 atom stereocenters. The number of carbonyl (C=O) groups excluding carboxylic acids is 1. The Hall–Kier alpha value is -3.57. The second-order valence-corrected chi connectivity index (χ2v) is 9.10. The van der Waals surface area contributed by atoms with Gasteiger partial charge in [-0.3, -0.25) is 4.79 Å². The summed E-state index contributed by atoms with van der Waals surface area (Å²) in [5.74, 6) is 1.17. The predicted octanol–water partition coefficient (Wildman–Crippen LogP) is 6.59. The van der Waals surface area contributed by atoms with Gasteiger partial charge in [-0.05, 0) is 74.2 Å². The van der Waals surface area contributed by atoms with Crippen LogP contribution in [0.5, 0.6) is 5.75 Å². The van der Waals surface area contributed by atoms with Crippen LogP contribution in [0.25, 0.3) is 0 Å². The molecule has 0 aliphatic rings. The average Bonchev–Trinajstić information content (AvgIpc) is 3.15. The van der Waals surface area contributed by atoms with Crippen molar-refractivity contribution in [3.05, 3.63) is 117 Å². The Kier molecular flexibility index (Phi) is 7.15. The summed E-state index contributed by atoms with van der Waals surface area (Å²) >= 11 is 6.09. The lowest BCUT2D eigenvalue weighted by atomic mass is 9.93. The van der Waals surface area contributed by atoms with Crippen LogP contribution < -0.4 is 10.1 Å². The van der Waals surface area contributed by atoms with Gasteiger partial charge >= 0.3 is 0 Å². The number of rotatable bonds is 8. The first-order chi connectivity index (χ1) is 17.2. The molecule has 1 N–H and O–H groups in total. The fourth-order valence-corrected chi connectivity index (χ4v) is 4.07. The van der Waals surface area contributed by atoms with Gasteiger partial charge in [0.1, 0.15) is 18.1 Å². The summed E-state index contributed by atoms with van der Waals surface area (Å²) in [6.45, 7) is 8.06. The average molecular weight is 490 g/mol. The number of halogens is 1. The molecule has 180 valence electrons. The highest BCUT2D eigenvalue weighted by Gasteiger charge is 2.19.